The minimum Gasteiger partial charge on any atom is -0.497 e. The number of hydrogen-bond donors (Lipinski definition) is 9. The Morgan fingerprint density at radius 3 is 1.72 bits per heavy atom. The molecule has 0 radical (unpaired) electrons. The van der Waals surface area contributed by atoms with Crippen molar-refractivity contribution in [3.8, 4) is 28.3 Å². The van der Waals surface area contributed by atoms with Gasteiger partial charge in [0.15, 0.2) is 5.78 Å². The third kappa shape index (κ3) is 29.3. The Kier molecular flexibility index (Phi) is 41.0. The number of unbranched alkanes of at least 4 members (excludes halogenated alkanes) is 1. The van der Waals surface area contributed by atoms with Gasteiger partial charge in [0.05, 0.1) is 78.8 Å². The Morgan fingerprint density at radius 1 is 0.534 bits per heavy atom. The summed E-state index contributed by atoms with van der Waals surface area (Å²) in [5.41, 5.74) is 29.9. The number of carbonyl (C=O) groups is 10. The minimum atomic E-state index is -1.09. The van der Waals surface area contributed by atoms with Crippen LogP contribution in [0.15, 0.2) is 261 Å². The summed E-state index contributed by atoms with van der Waals surface area (Å²) in [5, 5.41) is 69.6. The second-order valence-corrected chi connectivity index (χ2v) is 38.7. The third-order valence-corrected chi connectivity index (χ3v) is 27.5. The van der Waals surface area contributed by atoms with Gasteiger partial charge in [-0.05, 0) is 297 Å². The van der Waals surface area contributed by atoms with E-state index in [4.69, 9.17) is 76.9 Å². The van der Waals surface area contributed by atoms with Crippen LogP contribution in [0.25, 0.3) is 44.7 Å². The van der Waals surface area contributed by atoms with E-state index in [2.05, 4.69) is 25.3 Å². The number of anilines is 2. The van der Waals surface area contributed by atoms with Crippen molar-refractivity contribution < 1.29 is 93.2 Å². The third-order valence-electron chi connectivity index (χ3n) is 26.5. The highest BCUT2D eigenvalue weighted by atomic mass is 35.5. The molecular weight excluding hydrogens is 1960 g/mol. The number of nitrogens with two attached hydrogens (primary N) is 1. The predicted octanol–water partition coefficient (Wildman–Crippen LogP) is 26.7. The first-order chi connectivity index (χ1) is 70.7. The maximum absolute atomic E-state index is 13.0. The minimum absolute atomic E-state index is 0.0489. The highest BCUT2D eigenvalue weighted by molar-refractivity contribution is 6.32. The number of ketones is 1. The largest absolute Gasteiger partial charge is 0.497 e. The number of hydrogen-bond acceptors (Lipinski definition) is 14. The van der Waals surface area contributed by atoms with Crippen LogP contribution in [0.3, 0.4) is 0 Å². The fraction of sp³-hybridized carbons (Fsp3) is 0.277. The molecular formula is C119H124Cl4N6O19. The van der Waals surface area contributed by atoms with E-state index in [9.17, 15) is 68.4 Å². The van der Waals surface area contributed by atoms with Crippen LogP contribution < -0.4 is 25.6 Å². The Balaban J connectivity index is 0.000000165. The molecule has 772 valence electrons. The number of carboxylic acid groups (broad SMARTS) is 7. The molecule has 17 rings (SSSR count). The van der Waals surface area contributed by atoms with Gasteiger partial charge in [0.2, 0.25) is 0 Å². The maximum Gasteiger partial charge on any atom is 0.323 e. The van der Waals surface area contributed by atoms with E-state index < -0.39 is 59.5 Å². The number of fused-ring (bicyclic) bond motifs is 6. The molecule has 3 aliphatic carbocycles. The van der Waals surface area contributed by atoms with Gasteiger partial charge < -0.3 is 60.1 Å². The summed E-state index contributed by atoms with van der Waals surface area (Å²) in [6.07, 6.45) is 14.6. The first kappa shape index (κ1) is 113. The van der Waals surface area contributed by atoms with Crippen molar-refractivity contribution >= 4 is 145 Å². The van der Waals surface area contributed by atoms with E-state index in [1.54, 1.807) is 116 Å². The van der Waals surface area contributed by atoms with Crippen molar-refractivity contribution in [3.63, 3.8) is 0 Å². The number of halogens is 4. The van der Waals surface area contributed by atoms with E-state index in [-0.39, 0.29) is 49.0 Å². The lowest BCUT2D eigenvalue weighted by atomic mass is 9.83. The Morgan fingerprint density at radius 2 is 1.14 bits per heavy atom. The number of nitrogens with one attached hydrogen (secondary N) is 1. The van der Waals surface area contributed by atoms with E-state index >= 15 is 0 Å². The lowest BCUT2D eigenvalue weighted by molar-refractivity contribution is -0.147. The van der Waals surface area contributed by atoms with Crippen molar-refractivity contribution in [3.05, 3.63) is 376 Å². The number of para-hydroxylation sites is 2. The zero-order valence-electron chi connectivity index (χ0n) is 84.5. The quantitative estimate of drug-likeness (QED) is 0.00874. The standard InChI is InChI=1S/C21H19NO4.C19H16ClNO4.C19H22N2O3.C16H14ClNO2.C16H19ClO2.C14H14ClNO2.C14H20O2/c1-14-17(13-21(24)25)18-12-16(26-2)9-10-19(18)22(14)20(23)11-8-15-6-4-3-5-7-15;1-11-18(19(24)12-3-5-13(20)6-4-12)15-8-7-14(25-2)9-16(15)21(11)10-17(22)23;1-2-3-14-17(19(23)24)18(22)21(16-12-8-5-9-13-16)20-15-10-6-4-7-11-15;1-8(16(19)20)9-2-4-11-13-7-10(17)3-5-12(13)15(18)14(11)6-9;17-15-9-13-11(6-7-12(13)16(18)19)8-14(15)10-4-2-1-3-5-10;1-9-7-11(8-14(17)18)10(2)16(9)13-5-3-12(15)4-6-13;1-4-13(14(15)16)12-7-5-11(6-8-12)9-10(2)3/h3-12H,13H2,1-2H3,(H,24,25);3-9H,10H2,1-2H3,(H,22,23);4-13,17,20H,2-3,14H2,1H3,(H,23,24);2-8,15H,18H2,1H3,(H,19,20);8-10,12H,1-7H2,(H,18,19);3-7H,8H2,1-2H3,(H,17,18);5-8,10,13H,4,9H2,1-3H3,(H,15,16)/b11-8+;;;;;;. The molecule has 0 bridgehead atoms. The van der Waals surface area contributed by atoms with Gasteiger partial charge in [-0.2, -0.15) is 0 Å². The van der Waals surface area contributed by atoms with Gasteiger partial charge >= 0.3 is 41.8 Å². The number of amides is 1. The molecule has 11 aromatic carbocycles. The molecule has 1 amide bonds. The smallest absolute Gasteiger partial charge is 0.323 e. The summed E-state index contributed by atoms with van der Waals surface area (Å²) in [6.45, 7) is 17.1. The number of hydrazine groups is 1. The first-order valence-electron chi connectivity index (χ1n) is 49.0. The summed E-state index contributed by atoms with van der Waals surface area (Å²) < 4.78 is 15.7. The molecule has 0 aliphatic heterocycles. The highest BCUT2D eigenvalue weighted by Gasteiger charge is 2.35. The number of methoxy groups -OCH3 is 2. The van der Waals surface area contributed by atoms with Crippen LogP contribution in [0, 0.1) is 39.5 Å². The summed E-state index contributed by atoms with van der Waals surface area (Å²) >= 11 is 24.2. The molecule has 10 N–H and O–H groups in total. The van der Waals surface area contributed by atoms with E-state index in [1.807, 2.05) is 208 Å². The van der Waals surface area contributed by atoms with Gasteiger partial charge in [0, 0.05) is 77.0 Å². The molecule has 14 aromatic rings. The van der Waals surface area contributed by atoms with Gasteiger partial charge in [-0.15, -0.1) is 0 Å². The average Bonchev–Trinajstić information content (AvgIpc) is 1.61. The number of allylic oxidation sites excluding steroid dienone is 1. The Labute approximate surface area is 881 Å². The molecule has 5 unspecified atom stereocenters. The van der Waals surface area contributed by atoms with Crippen LogP contribution in [0.2, 0.25) is 20.1 Å². The highest BCUT2D eigenvalue weighted by Crippen LogP contribution is 2.46. The van der Waals surface area contributed by atoms with Gasteiger partial charge in [-0.1, -0.05) is 228 Å². The van der Waals surface area contributed by atoms with Gasteiger partial charge in [-0.25, -0.2) is 5.01 Å². The molecule has 5 atom stereocenters. The van der Waals surface area contributed by atoms with Crippen LogP contribution in [0.1, 0.15) is 233 Å². The van der Waals surface area contributed by atoms with Gasteiger partial charge in [0.1, 0.15) is 24.0 Å². The van der Waals surface area contributed by atoms with Gasteiger partial charge in [0.25, 0.3) is 11.8 Å². The number of rotatable bonds is 30. The lowest BCUT2D eigenvalue weighted by Gasteiger charge is -2.27. The van der Waals surface area contributed by atoms with E-state index in [1.165, 1.54) is 67.0 Å². The Bertz CT molecular complexity index is 7100. The van der Waals surface area contributed by atoms with Gasteiger partial charge in [-0.3, -0.25) is 57.9 Å². The topological polar surface area (TPSA) is 387 Å². The van der Waals surface area contributed by atoms with Crippen LogP contribution in [-0.2, 0) is 70.6 Å². The molecule has 0 spiro atoms. The van der Waals surface area contributed by atoms with Crippen LogP contribution in [0.4, 0.5) is 11.4 Å². The molecule has 0 saturated heterocycles. The summed E-state index contributed by atoms with van der Waals surface area (Å²) in [4.78, 5) is 117. The van der Waals surface area contributed by atoms with Crippen LogP contribution in [0.5, 0.6) is 11.5 Å². The number of ether oxygens (including phenoxy) is 2. The molecule has 25 nitrogen and oxygen atoms in total. The first-order valence-corrected chi connectivity index (χ1v) is 50.5. The van der Waals surface area contributed by atoms with Crippen molar-refractivity contribution in [2.75, 3.05) is 24.7 Å². The second kappa shape index (κ2) is 53.5. The predicted molar refractivity (Wildman–Crippen MR) is 583 cm³/mol. The van der Waals surface area contributed by atoms with E-state index in [0.717, 1.165) is 97.9 Å². The maximum atomic E-state index is 13.0. The molecule has 3 heterocycles. The van der Waals surface area contributed by atoms with Crippen molar-refractivity contribution in [1.29, 1.82) is 0 Å². The molecule has 1 fully saturated rings. The SMILES string of the molecule is CC(C(=O)O)c1ccc2c(c1)C(N)c1ccc(Cl)cc1-2.CCC(C(=O)O)c1ccc(CC(C)C)cc1.CCCCC(C(=O)O)C(=O)N(Nc1ccccc1)c1ccccc1.COc1ccc2c(C(=O)c3ccc(Cl)cc3)c(C)n(CC(=O)O)c2c1.COc1ccc2c(c1)c(CC(=O)O)c(C)n2C(=O)/C=C/c1ccccc1.Cc1cc(CC(=O)O)c(C)n1-c1ccc(Cl)cc1.O=C(O)C1CCc2cc(C3CCCCC3)c(Cl)cc21. The number of nitrogens with zero attached hydrogens (tertiary/aromatic N) is 4. The molecule has 3 aliphatic rings. The van der Waals surface area contributed by atoms with Crippen molar-refractivity contribution in [2.45, 2.75) is 188 Å². The summed E-state index contributed by atoms with van der Waals surface area (Å²) in [7, 11) is 3.09. The zero-order chi connectivity index (χ0) is 107. The number of carbonyl (C=O) groups excluding carboxylic acids is 3. The lowest BCUT2D eigenvalue weighted by Crippen LogP contribution is -2.43. The Hall–Kier alpha value is -14.9. The number of aryl methyl sites for hydroxylation is 2. The molecule has 29 heteroatoms. The fourth-order valence-corrected chi connectivity index (χ4v) is 19.5. The molecule has 148 heavy (non-hydrogen) atoms. The number of carboxylic acids is 7. The monoisotopic (exact) mass is 2080 g/mol. The number of aromatic nitrogens is 3. The normalized spacial score (nSPS) is 13.7. The second-order valence-electron chi connectivity index (χ2n) is 37.0. The molecule has 3 aromatic heterocycles. The number of aliphatic carboxylic acids is 7. The van der Waals surface area contributed by atoms with Crippen molar-refractivity contribution in [2.24, 2.45) is 17.6 Å². The zero-order valence-corrected chi connectivity index (χ0v) is 87.5. The van der Waals surface area contributed by atoms with E-state index in [0.29, 0.717) is 119 Å². The van der Waals surface area contributed by atoms with Crippen molar-refractivity contribution in [1.82, 2.24) is 13.7 Å². The summed E-state index contributed by atoms with van der Waals surface area (Å²) in [5.74, 6) is -6.89. The summed E-state index contributed by atoms with van der Waals surface area (Å²) in [6, 6.07) is 77.6. The number of benzene rings is 11. The van der Waals surface area contributed by atoms with Crippen LogP contribution >= 0.6 is 46.4 Å². The van der Waals surface area contributed by atoms with Crippen LogP contribution in [-0.4, -0.2) is 123 Å². The average molecular weight is 2080 g/mol. The fourth-order valence-electron chi connectivity index (χ4n) is 18.8. The molecule has 1 saturated carbocycles.